The first kappa shape index (κ1) is 29.9. The summed E-state index contributed by atoms with van der Waals surface area (Å²) in [4.78, 5) is 13.9. The zero-order chi connectivity index (χ0) is 31.6. The number of hydrogen-bond donors (Lipinski definition) is 0. The summed E-state index contributed by atoms with van der Waals surface area (Å²) in [6.45, 7) is 6.48. The van der Waals surface area contributed by atoms with Crippen LogP contribution in [0, 0.1) is 19.1 Å². The summed E-state index contributed by atoms with van der Waals surface area (Å²) in [6, 6.07) is 35.6. The summed E-state index contributed by atoms with van der Waals surface area (Å²) < 4.78 is 10.5. The van der Waals surface area contributed by atoms with Gasteiger partial charge in [0.15, 0.2) is 11.7 Å². The maximum Gasteiger partial charge on any atom is 2.00 e. The van der Waals surface area contributed by atoms with Gasteiger partial charge in [-0.25, -0.2) is 9.97 Å². The van der Waals surface area contributed by atoms with Gasteiger partial charge in [0.1, 0.15) is 11.7 Å². The fourth-order valence-corrected chi connectivity index (χ4v) is 6.58. The third-order valence-electron chi connectivity index (χ3n) is 8.73. The Morgan fingerprint density at radius 1 is 0.708 bits per heavy atom. The molecule has 6 aromatic heterocycles. The first-order valence-electron chi connectivity index (χ1n) is 15.5. The Morgan fingerprint density at radius 3 is 2.29 bits per heavy atom. The van der Waals surface area contributed by atoms with Gasteiger partial charge >= 0.3 is 21.1 Å². The van der Waals surface area contributed by atoms with Gasteiger partial charge in [0.2, 0.25) is 0 Å². The Bertz CT molecular complexity index is 2660. The first-order valence-corrected chi connectivity index (χ1v) is 15.5. The molecule has 0 amide bonds. The summed E-state index contributed by atoms with van der Waals surface area (Å²) in [5, 5.41) is 14.2. The minimum atomic E-state index is 0. The van der Waals surface area contributed by atoms with Crippen molar-refractivity contribution in [3.63, 3.8) is 0 Å². The summed E-state index contributed by atoms with van der Waals surface area (Å²) in [5.74, 6) is 2.44. The van der Waals surface area contributed by atoms with E-state index < -0.39 is 0 Å². The third-order valence-corrected chi connectivity index (χ3v) is 8.73. The predicted molar refractivity (Wildman–Crippen MR) is 184 cm³/mol. The van der Waals surface area contributed by atoms with Crippen LogP contribution in [-0.4, -0.2) is 34.1 Å². The number of ether oxygens (including phenoxy) is 1. The molecular weight excluding hydrogens is 778 g/mol. The molecule has 0 radical (unpaired) electrons. The molecular formula is C39H27N7OPt. The Hall–Kier alpha value is -5.46. The number of para-hydroxylation sites is 1. The van der Waals surface area contributed by atoms with E-state index in [0.717, 1.165) is 66.3 Å². The normalized spacial score (nSPS) is 11.7. The van der Waals surface area contributed by atoms with Gasteiger partial charge < -0.3 is 13.7 Å². The second-order valence-electron chi connectivity index (χ2n) is 12.0. The zero-order valence-corrected chi connectivity index (χ0v) is 28.5. The van der Waals surface area contributed by atoms with Crippen LogP contribution < -0.4 is 4.74 Å². The summed E-state index contributed by atoms with van der Waals surface area (Å²) in [5.41, 5.74) is 6.93. The van der Waals surface area contributed by atoms with Gasteiger partial charge in [-0.15, -0.1) is 27.5 Å². The van der Waals surface area contributed by atoms with Gasteiger partial charge in [-0.1, -0.05) is 85.3 Å². The van der Waals surface area contributed by atoms with E-state index in [1.807, 2.05) is 48.8 Å². The SMILES string of the molecule is Cc1ccc2c3cnc(Oc4[c-]c5c(cn4)c4ccccc4n5-c4ccccn4)[c-]c3c3nnc(-c4ccccc4C(C)C)n3c2c1.[Pt+2]. The van der Waals surface area contributed by atoms with Gasteiger partial charge in [0.05, 0.1) is 5.65 Å². The molecule has 0 fully saturated rings. The molecule has 0 aliphatic carbocycles. The molecule has 0 aliphatic heterocycles. The van der Waals surface area contributed by atoms with E-state index in [9.17, 15) is 0 Å². The van der Waals surface area contributed by atoms with Gasteiger partial charge in [0.25, 0.3) is 0 Å². The van der Waals surface area contributed by atoms with Crippen LogP contribution in [0.3, 0.4) is 0 Å². The molecule has 6 heterocycles. The quantitative estimate of drug-likeness (QED) is 0.128. The molecule has 0 N–H and O–H groups in total. The van der Waals surface area contributed by atoms with Crippen molar-refractivity contribution in [2.45, 2.75) is 26.7 Å². The first-order chi connectivity index (χ1) is 23.0. The molecule has 9 aromatic rings. The zero-order valence-electron chi connectivity index (χ0n) is 26.2. The van der Waals surface area contributed by atoms with Crippen LogP contribution in [-0.2, 0) is 21.1 Å². The number of fused-ring (bicyclic) bond motifs is 9. The van der Waals surface area contributed by atoms with Crippen molar-refractivity contribution in [2.75, 3.05) is 0 Å². The number of aromatic nitrogens is 7. The Labute approximate surface area is 290 Å². The van der Waals surface area contributed by atoms with E-state index in [4.69, 9.17) is 14.9 Å². The van der Waals surface area contributed by atoms with Crippen LogP contribution in [0.5, 0.6) is 11.8 Å². The molecule has 0 saturated heterocycles. The average molecular weight is 805 g/mol. The number of benzene rings is 3. The molecule has 8 nitrogen and oxygen atoms in total. The van der Waals surface area contributed by atoms with Crippen LogP contribution >= 0.6 is 0 Å². The van der Waals surface area contributed by atoms with E-state index in [1.165, 1.54) is 5.56 Å². The molecule has 9 heteroatoms. The third kappa shape index (κ3) is 4.67. The maximum absolute atomic E-state index is 6.28. The Balaban J connectivity index is 0.00000336. The van der Waals surface area contributed by atoms with Crippen LogP contribution in [0.4, 0.5) is 0 Å². The van der Waals surface area contributed by atoms with Gasteiger partial charge in [-0.05, 0) is 66.0 Å². The van der Waals surface area contributed by atoms with Crippen LogP contribution in [0.15, 0.2) is 104 Å². The summed E-state index contributed by atoms with van der Waals surface area (Å²) in [7, 11) is 0. The molecule has 9 rings (SSSR count). The standard InChI is InChI=1S/C39H27N7O.Pt/c1-23(2)25-10-4-5-12-28(25)38-43-44-39-29-19-36(41-21-30(29)27-16-15-24(3)18-33(27)46(38)39)47-37-20-34-31(22-42-37)26-11-6-7-13-32(26)45(34)35-14-8-9-17-40-35;/h4-18,21-23H,1-3H3;/q-2;+2. The van der Waals surface area contributed by atoms with Gasteiger partial charge in [-0.2, -0.15) is 11.2 Å². The van der Waals surface area contributed by atoms with Gasteiger partial charge in [0, 0.05) is 22.8 Å². The predicted octanol–water partition coefficient (Wildman–Crippen LogP) is 8.81. The second kappa shape index (κ2) is 11.7. The molecule has 0 spiro atoms. The van der Waals surface area contributed by atoms with Crippen molar-refractivity contribution < 1.29 is 25.8 Å². The number of nitrogens with zero attached hydrogens (tertiary/aromatic N) is 7. The van der Waals surface area contributed by atoms with Crippen LogP contribution in [0.2, 0.25) is 0 Å². The molecule has 234 valence electrons. The largest absolute Gasteiger partial charge is 2.00 e. The molecule has 0 aliphatic rings. The smallest absolute Gasteiger partial charge is 0.452 e. The molecule has 0 unspecified atom stereocenters. The fourth-order valence-electron chi connectivity index (χ4n) is 6.58. The summed E-state index contributed by atoms with van der Waals surface area (Å²) in [6.07, 6.45) is 5.42. The van der Waals surface area contributed by atoms with Crippen LogP contribution in [0.25, 0.3) is 66.3 Å². The van der Waals surface area contributed by atoms with Crippen molar-refractivity contribution in [2.24, 2.45) is 0 Å². The van der Waals surface area contributed by atoms with Crippen LogP contribution in [0.1, 0.15) is 30.9 Å². The topological polar surface area (TPSA) is 83.0 Å². The van der Waals surface area contributed by atoms with Gasteiger partial charge in [-0.3, -0.25) is 4.98 Å². The minimum absolute atomic E-state index is 0. The molecule has 48 heavy (non-hydrogen) atoms. The van der Waals surface area contributed by atoms with E-state index in [2.05, 4.69) is 105 Å². The summed E-state index contributed by atoms with van der Waals surface area (Å²) >= 11 is 0. The van der Waals surface area contributed by atoms with Crippen molar-refractivity contribution in [3.8, 4) is 29.0 Å². The van der Waals surface area contributed by atoms with Crippen molar-refractivity contribution in [1.82, 2.24) is 34.1 Å². The number of rotatable bonds is 5. The fraction of sp³-hybridized carbons (Fsp3) is 0.103. The number of aryl methyl sites for hydroxylation is 1. The Morgan fingerprint density at radius 2 is 1.46 bits per heavy atom. The molecule has 3 aromatic carbocycles. The Kier molecular flexibility index (Phi) is 7.26. The van der Waals surface area contributed by atoms with Crippen molar-refractivity contribution >= 4 is 49.1 Å². The minimum Gasteiger partial charge on any atom is -0.452 e. The molecule has 0 atom stereocenters. The van der Waals surface area contributed by atoms with E-state index in [1.54, 1.807) is 6.20 Å². The van der Waals surface area contributed by atoms with E-state index >= 15 is 0 Å². The second-order valence-corrected chi connectivity index (χ2v) is 12.0. The van der Waals surface area contributed by atoms with Crippen molar-refractivity contribution in [1.29, 1.82) is 0 Å². The number of hydrogen-bond acceptors (Lipinski definition) is 6. The number of pyridine rings is 4. The average Bonchev–Trinajstić information content (AvgIpc) is 3.69. The maximum atomic E-state index is 6.28. The monoisotopic (exact) mass is 804 g/mol. The van der Waals surface area contributed by atoms with E-state index in [-0.39, 0.29) is 32.8 Å². The molecule has 0 saturated carbocycles. The molecule has 0 bridgehead atoms. The van der Waals surface area contributed by atoms with E-state index in [0.29, 0.717) is 11.6 Å². The van der Waals surface area contributed by atoms with Crippen molar-refractivity contribution in [3.05, 3.63) is 127 Å².